The normalized spacial score (nSPS) is 17.3. The molecule has 1 heterocycles. The Morgan fingerprint density at radius 3 is 2.19 bits per heavy atom. The summed E-state index contributed by atoms with van der Waals surface area (Å²) < 4.78 is 23.5. The summed E-state index contributed by atoms with van der Waals surface area (Å²) in [6.45, 7) is 0. The first kappa shape index (κ1) is 14.3. The van der Waals surface area contributed by atoms with Gasteiger partial charge in [-0.05, 0) is 17.2 Å². The zero-order valence-electron chi connectivity index (χ0n) is 12.3. The maximum Gasteiger partial charge on any atom is 0.356 e. The van der Waals surface area contributed by atoms with E-state index in [0.717, 1.165) is 22.4 Å². The summed E-state index contributed by atoms with van der Waals surface area (Å²) in [5.74, 6) is -0.446. The first-order chi connectivity index (χ1) is 10.1. The van der Waals surface area contributed by atoms with Crippen LogP contribution in [0.1, 0.15) is 11.3 Å². The number of anilines is 1. The van der Waals surface area contributed by atoms with Crippen LogP contribution < -0.4 is 4.90 Å². The molecule has 3 rings (SSSR count). The summed E-state index contributed by atoms with van der Waals surface area (Å²) in [6, 6.07) is 16.0. The van der Waals surface area contributed by atoms with Crippen molar-refractivity contribution >= 4 is 13.3 Å². The molecule has 1 atom stereocenters. The van der Waals surface area contributed by atoms with E-state index in [-0.39, 0.29) is 0 Å². The predicted molar refractivity (Wildman–Crippen MR) is 84.6 cm³/mol. The van der Waals surface area contributed by atoms with E-state index in [2.05, 4.69) is 6.07 Å². The lowest BCUT2D eigenvalue weighted by molar-refractivity contribution is 0.265. The Hall–Kier alpha value is -1.61. The zero-order chi connectivity index (χ0) is 15.0. The van der Waals surface area contributed by atoms with Crippen molar-refractivity contribution in [3.8, 4) is 11.1 Å². The van der Waals surface area contributed by atoms with Crippen molar-refractivity contribution in [1.82, 2.24) is 0 Å². The summed E-state index contributed by atoms with van der Waals surface area (Å²) in [4.78, 5) is 1.98. The molecule has 0 amide bonds. The number of rotatable bonds is 3. The van der Waals surface area contributed by atoms with E-state index < -0.39 is 13.4 Å². The van der Waals surface area contributed by atoms with E-state index in [4.69, 9.17) is 9.05 Å². The third kappa shape index (κ3) is 2.11. The van der Waals surface area contributed by atoms with Crippen molar-refractivity contribution in [1.29, 1.82) is 0 Å². The van der Waals surface area contributed by atoms with Crippen LogP contribution in [-0.2, 0) is 13.6 Å². The van der Waals surface area contributed by atoms with Gasteiger partial charge in [0, 0.05) is 32.5 Å². The minimum absolute atomic E-state index is 0.446. The Morgan fingerprint density at radius 1 is 0.952 bits per heavy atom. The van der Waals surface area contributed by atoms with Crippen LogP contribution in [0, 0.1) is 0 Å². The van der Waals surface area contributed by atoms with Crippen molar-refractivity contribution in [3.05, 3.63) is 54.1 Å². The summed E-state index contributed by atoms with van der Waals surface area (Å²) in [7, 11) is 1.51. The standard InChI is InChI=1S/C16H18NO3P/c1-17-15-11-7-6-9-13(15)12-8-4-5-10-14(12)16(17)21(18,19-2)20-3/h4-11,16H,1-3H3. The monoisotopic (exact) mass is 303 g/mol. The number of hydrogen-bond donors (Lipinski definition) is 0. The highest BCUT2D eigenvalue weighted by molar-refractivity contribution is 7.54. The second-order valence-corrected chi connectivity index (χ2v) is 7.29. The van der Waals surface area contributed by atoms with Gasteiger partial charge >= 0.3 is 7.60 Å². The van der Waals surface area contributed by atoms with Crippen molar-refractivity contribution in [2.45, 2.75) is 5.78 Å². The average Bonchev–Trinajstić information content (AvgIpc) is 2.55. The van der Waals surface area contributed by atoms with Gasteiger partial charge in [-0.3, -0.25) is 4.57 Å². The molecule has 0 N–H and O–H groups in total. The number of nitrogens with zero attached hydrogens (tertiary/aromatic N) is 1. The Morgan fingerprint density at radius 2 is 1.52 bits per heavy atom. The van der Waals surface area contributed by atoms with Crippen LogP contribution in [0.3, 0.4) is 0 Å². The molecule has 4 nitrogen and oxygen atoms in total. The molecule has 21 heavy (non-hydrogen) atoms. The molecule has 0 radical (unpaired) electrons. The number of benzene rings is 2. The van der Waals surface area contributed by atoms with Crippen molar-refractivity contribution in [2.75, 3.05) is 26.2 Å². The molecule has 0 bridgehead atoms. The molecule has 2 aromatic carbocycles. The summed E-state index contributed by atoms with van der Waals surface area (Å²) in [6.07, 6.45) is 0. The fourth-order valence-corrected chi connectivity index (χ4v) is 4.64. The third-order valence-electron chi connectivity index (χ3n) is 3.99. The van der Waals surface area contributed by atoms with Crippen molar-refractivity contribution in [2.24, 2.45) is 0 Å². The first-order valence-corrected chi connectivity index (χ1v) is 8.36. The lowest BCUT2D eigenvalue weighted by Gasteiger charge is -2.39. The molecule has 110 valence electrons. The number of hydrogen-bond acceptors (Lipinski definition) is 4. The van der Waals surface area contributed by atoms with E-state index in [1.165, 1.54) is 14.2 Å². The molecule has 5 heteroatoms. The minimum atomic E-state index is -3.27. The van der Waals surface area contributed by atoms with E-state index in [1.807, 2.05) is 54.4 Å². The van der Waals surface area contributed by atoms with Gasteiger partial charge in [-0.15, -0.1) is 0 Å². The van der Waals surface area contributed by atoms with Crippen LogP contribution in [0.25, 0.3) is 11.1 Å². The molecule has 0 spiro atoms. The average molecular weight is 303 g/mol. The van der Waals surface area contributed by atoms with Gasteiger partial charge in [0.2, 0.25) is 0 Å². The Balaban J connectivity index is 2.28. The van der Waals surface area contributed by atoms with Gasteiger partial charge in [-0.1, -0.05) is 42.5 Å². The predicted octanol–water partition coefficient (Wildman–Crippen LogP) is 4.29. The minimum Gasteiger partial charge on any atom is -0.356 e. The van der Waals surface area contributed by atoms with Gasteiger partial charge in [-0.2, -0.15) is 0 Å². The van der Waals surface area contributed by atoms with Crippen molar-refractivity contribution < 1.29 is 13.6 Å². The smallest absolute Gasteiger partial charge is 0.356 e. The fourth-order valence-electron chi connectivity index (χ4n) is 2.97. The van der Waals surface area contributed by atoms with Crippen LogP contribution in [0.5, 0.6) is 0 Å². The zero-order valence-corrected chi connectivity index (χ0v) is 13.2. The van der Waals surface area contributed by atoms with Gasteiger partial charge in [0.25, 0.3) is 0 Å². The maximum absolute atomic E-state index is 13.0. The van der Waals surface area contributed by atoms with Gasteiger partial charge in [0.1, 0.15) is 0 Å². The fraction of sp³-hybridized carbons (Fsp3) is 0.250. The van der Waals surface area contributed by atoms with Crippen LogP contribution in [0.15, 0.2) is 48.5 Å². The molecule has 0 aliphatic carbocycles. The number of fused-ring (bicyclic) bond motifs is 3. The van der Waals surface area contributed by atoms with Crippen LogP contribution in [-0.4, -0.2) is 21.3 Å². The van der Waals surface area contributed by atoms with E-state index >= 15 is 0 Å². The van der Waals surface area contributed by atoms with E-state index in [1.54, 1.807) is 0 Å². The molecule has 0 saturated carbocycles. The maximum atomic E-state index is 13.0. The van der Waals surface area contributed by atoms with Gasteiger partial charge in [-0.25, -0.2) is 0 Å². The van der Waals surface area contributed by atoms with Gasteiger partial charge in [0.15, 0.2) is 5.78 Å². The van der Waals surface area contributed by atoms with Gasteiger partial charge < -0.3 is 13.9 Å². The molecule has 2 aromatic rings. The molecular weight excluding hydrogens is 285 g/mol. The molecule has 1 unspecified atom stereocenters. The lowest BCUT2D eigenvalue weighted by atomic mass is 9.93. The Bertz CT molecular complexity index is 708. The second-order valence-electron chi connectivity index (χ2n) is 4.99. The SMILES string of the molecule is COP(=O)(OC)C1c2ccccc2-c2ccccc2N1C. The highest BCUT2D eigenvalue weighted by Gasteiger charge is 2.43. The Kier molecular flexibility index (Phi) is 3.62. The Labute approximate surface area is 124 Å². The molecular formula is C16H18NO3P. The summed E-state index contributed by atoms with van der Waals surface area (Å²) >= 11 is 0. The summed E-state index contributed by atoms with van der Waals surface area (Å²) in [5.41, 5.74) is 4.19. The largest absolute Gasteiger partial charge is 0.356 e. The lowest BCUT2D eigenvalue weighted by Crippen LogP contribution is -2.29. The molecule has 1 aliphatic heterocycles. The number of para-hydroxylation sites is 1. The molecule has 0 fully saturated rings. The topological polar surface area (TPSA) is 38.8 Å². The molecule has 0 aromatic heterocycles. The van der Waals surface area contributed by atoms with Crippen LogP contribution >= 0.6 is 7.60 Å². The second kappa shape index (κ2) is 5.30. The van der Waals surface area contributed by atoms with Gasteiger partial charge in [0.05, 0.1) is 0 Å². The van der Waals surface area contributed by atoms with E-state index in [9.17, 15) is 4.57 Å². The third-order valence-corrected chi connectivity index (χ3v) is 6.23. The van der Waals surface area contributed by atoms with Crippen molar-refractivity contribution in [3.63, 3.8) is 0 Å². The molecule has 1 aliphatic rings. The van der Waals surface area contributed by atoms with E-state index in [0.29, 0.717) is 0 Å². The highest BCUT2D eigenvalue weighted by Crippen LogP contribution is 2.64. The van der Waals surface area contributed by atoms with Crippen LogP contribution in [0.2, 0.25) is 0 Å². The first-order valence-electron chi connectivity index (χ1n) is 6.74. The summed E-state index contributed by atoms with van der Waals surface area (Å²) in [5, 5.41) is 0. The molecule has 0 saturated heterocycles. The van der Waals surface area contributed by atoms with Crippen LogP contribution in [0.4, 0.5) is 5.69 Å². The highest BCUT2D eigenvalue weighted by atomic mass is 31.2. The quantitative estimate of drug-likeness (QED) is 0.793.